The minimum atomic E-state index is -1.02. The summed E-state index contributed by atoms with van der Waals surface area (Å²) >= 11 is 0. The standard InChI is InChI=1S/C5H9O4/c6-3-1-9-2-4(7)5(3)8/h3-4,6-8H,1-2H2/t3-,4+. The number of ether oxygens (including phenoxy) is 1. The van der Waals surface area contributed by atoms with Crippen LogP contribution in [0.1, 0.15) is 0 Å². The second-order valence-corrected chi connectivity index (χ2v) is 1.99. The van der Waals surface area contributed by atoms with Crippen molar-refractivity contribution in [3.63, 3.8) is 0 Å². The van der Waals surface area contributed by atoms with Crippen molar-refractivity contribution in [3.05, 3.63) is 6.10 Å². The molecule has 1 radical (unpaired) electrons. The van der Waals surface area contributed by atoms with E-state index in [9.17, 15) is 0 Å². The third kappa shape index (κ3) is 1.40. The predicted molar refractivity (Wildman–Crippen MR) is 28.0 cm³/mol. The largest absolute Gasteiger partial charge is 0.387 e. The summed E-state index contributed by atoms with van der Waals surface area (Å²) in [6, 6.07) is 0. The molecule has 53 valence electrons. The van der Waals surface area contributed by atoms with Crippen LogP contribution in [0.2, 0.25) is 0 Å². The lowest BCUT2D eigenvalue weighted by Gasteiger charge is -2.26. The van der Waals surface area contributed by atoms with Gasteiger partial charge in [-0.1, -0.05) is 0 Å². The summed E-state index contributed by atoms with van der Waals surface area (Å²) in [5, 5.41) is 26.3. The summed E-state index contributed by atoms with van der Waals surface area (Å²) in [7, 11) is 0. The summed E-state index contributed by atoms with van der Waals surface area (Å²) in [6.45, 7) is 0.145. The molecule has 0 bridgehead atoms. The summed E-state index contributed by atoms with van der Waals surface area (Å²) in [6.07, 6.45) is -2.33. The molecule has 3 N–H and O–H groups in total. The van der Waals surface area contributed by atoms with Gasteiger partial charge in [0.25, 0.3) is 0 Å². The second kappa shape index (κ2) is 2.62. The molecule has 0 aromatic carbocycles. The van der Waals surface area contributed by atoms with E-state index in [1.165, 1.54) is 0 Å². The van der Waals surface area contributed by atoms with Gasteiger partial charge < -0.3 is 20.1 Å². The first-order chi connectivity index (χ1) is 4.22. The van der Waals surface area contributed by atoms with E-state index in [2.05, 4.69) is 4.74 Å². The normalized spacial score (nSPS) is 39.0. The maximum Gasteiger partial charge on any atom is 0.154 e. The maximum atomic E-state index is 8.78. The van der Waals surface area contributed by atoms with Crippen LogP contribution in [-0.4, -0.2) is 40.7 Å². The van der Waals surface area contributed by atoms with Gasteiger partial charge in [-0.2, -0.15) is 0 Å². The van der Waals surface area contributed by atoms with E-state index < -0.39 is 12.2 Å². The third-order valence-corrected chi connectivity index (χ3v) is 1.23. The Balaban J connectivity index is 2.41. The van der Waals surface area contributed by atoms with Gasteiger partial charge >= 0.3 is 0 Å². The van der Waals surface area contributed by atoms with E-state index in [4.69, 9.17) is 15.3 Å². The van der Waals surface area contributed by atoms with E-state index in [0.717, 1.165) is 0 Å². The van der Waals surface area contributed by atoms with Crippen molar-refractivity contribution in [1.82, 2.24) is 0 Å². The van der Waals surface area contributed by atoms with Gasteiger partial charge in [0.1, 0.15) is 12.2 Å². The molecule has 1 saturated heterocycles. The topological polar surface area (TPSA) is 69.9 Å². The predicted octanol–water partition coefficient (Wildman–Crippen LogP) is -1.36. The SMILES string of the molecule is O[C]1[C@H](O)COC[C@@H]1O. The van der Waals surface area contributed by atoms with E-state index >= 15 is 0 Å². The molecule has 1 aliphatic rings. The Morgan fingerprint density at radius 1 is 1.22 bits per heavy atom. The first kappa shape index (κ1) is 6.95. The fraction of sp³-hybridized carbons (Fsp3) is 0.800. The lowest BCUT2D eigenvalue weighted by molar-refractivity contribution is -0.0980. The van der Waals surface area contributed by atoms with Crippen molar-refractivity contribution in [2.24, 2.45) is 0 Å². The molecule has 4 nitrogen and oxygen atoms in total. The molecule has 1 fully saturated rings. The smallest absolute Gasteiger partial charge is 0.154 e. The van der Waals surface area contributed by atoms with Crippen LogP contribution in [0.5, 0.6) is 0 Å². The Kier molecular flexibility index (Phi) is 2.02. The van der Waals surface area contributed by atoms with Gasteiger partial charge in [-0.15, -0.1) is 0 Å². The minimum Gasteiger partial charge on any atom is -0.387 e. The molecule has 2 atom stereocenters. The quantitative estimate of drug-likeness (QED) is 0.382. The fourth-order valence-electron chi connectivity index (χ4n) is 0.684. The van der Waals surface area contributed by atoms with Crippen molar-refractivity contribution in [2.45, 2.75) is 12.2 Å². The monoisotopic (exact) mass is 133 g/mol. The highest BCUT2D eigenvalue weighted by Gasteiger charge is 2.30. The van der Waals surface area contributed by atoms with Crippen LogP contribution in [0.25, 0.3) is 0 Å². The first-order valence-electron chi connectivity index (χ1n) is 2.71. The zero-order valence-corrected chi connectivity index (χ0v) is 4.82. The molecule has 9 heavy (non-hydrogen) atoms. The highest BCUT2D eigenvalue weighted by Crippen LogP contribution is 2.14. The van der Waals surface area contributed by atoms with Crippen LogP contribution in [0, 0.1) is 6.10 Å². The third-order valence-electron chi connectivity index (χ3n) is 1.23. The number of aliphatic hydroxyl groups excluding tert-OH is 3. The lowest BCUT2D eigenvalue weighted by Crippen LogP contribution is -2.41. The van der Waals surface area contributed by atoms with Gasteiger partial charge in [0, 0.05) is 0 Å². The molecule has 0 saturated carbocycles. The zero-order valence-electron chi connectivity index (χ0n) is 4.82. The molecule has 0 aromatic rings. The average molecular weight is 133 g/mol. The van der Waals surface area contributed by atoms with Crippen molar-refractivity contribution in [3.8, 4) is 0 Å². The Morgan fingerprint density at radius 3 is 2.00 bits per heavy atom. The van der Waals surface area contributed by atoms with Crippen LogP contribution in [0.3, 0.4) is 0 Å². The van der Waals surface area contributed by atoms with Crippen molar-refractivity contribution < 1.29 is 20.1 Å². The average Bonchev–Trinajstić information content (AvgIpc) is 1.83. The molecular formula is C5H9O4. The molecule has 1 aliphatic heterocycles. The Hall–Kier alpha value is -0.160. The summed E-state index contributed by atoms with van der Waals surface area (Å²) in [5.41, 5.74) is 0. The molecule has 0 unspecified atom stereocenters. The molecule has 0 aromatic heterocycles. The summed E-state index contributed by atoms with van der Waals surface area (Å²) in [4.78, 5) is 0. The molecule has 1 heterocycles. The van der Waals surface area contributed by atoms with Crippen LogP contribution in [0.15, 0.2) is 0 Å². The number of hydrogen-bond donors (Lipinski definition) is 3. The van der Waals surface area contributed by atoms with Gasteiger partial charge in [-0.3, -0.25) is 0 Å². The minimum absolute atomic E-state index is 0.0723. The molecule has 0 aliphatic carbocycles. The highest BCUT2D eigenvalue weighted by atomic mass is 16.5. The zero-order chi connectivity index (χ0) is 6.85. The summed E-state index contributed by atoms with van der Waals surface area (Å²) < 4.78 is 4.68. The van der Waals surface area contributed by atoms with Gasteiger partial charge in [0.05, 0.1) is 13.2 Å². The van der Waals surface area contributed by atoms with Crippen molar-refractivity contribution in [1.29, 1.82) is 0 Å². The summed E-state index contributed by atoms with van der Waals surface area (Å²) in [5.74, 6) is 0. The van der Waals surface area contributed by atoms with Gasteiger partial charge in [0.2, 0.25) is 0 Å². The first-order valence-corrected chi connectivity index (χ1v) is 2.71. The van der Waals surface area contributed by atoms with Crippen molar-refractivity contribution in [2.75, 3.05) is 13.2 Å². The van der Waals surface area contributed by atoms with Gasteiger partial charge in [-0.05, 0) is 0 Å². The van der Waals surface area contributed by atoms with E-state index in [1.54, 1.807) is 0 Å². The molecular weight excluding hydrogens is 124 g/mol. The fourth-order valence-corrected chi connectivity index (χ4v) is 0.684. The van der Waals surface area contributed by atoms with E-state index in [0.29, 0.717) is 0 Å². The van der Waals surface area contributed by atoms with Gasteiger partial charge in [0.15, 0.2) is 6.10 Å². The molecule has 0 amide bonds. The van der Waals surface area contributed by atoms with Crippen LogP contribution < -0.4 is 0 Å². The molecule has 0 spiro atoms. The van der Waals surface area contributed by atoms with Crippen LogP contribution in [-0.2, 0) is 4.74 Å². The van der Waals surface area contributed by atoms with Crippen LogP contribution >= 0.6 is 0 Å². The Labute approximate surface area is 52.7 Å². The van der Waals surface area contributed by atoms with Crippen molar-refractivity contribution >= 4 is 0 Å². The Bertz CT molecular complexity index is 85.0. The number of hydrogen-bond acceptors (Lipinski definition) is 4. The van der Waals surface area contributed by atoms with Crippen LogP contribution in [0.4, 0.5) is 0 Å². The lowest BCUT2D eigenvalue weighted by atomic mass is 10.1. The van der Waals surface area contributed by atoms with Gasteiger partial charge in [-0.25, -0.2) is 0 Å². The van der Waals surface area contributed by atoms with E-state index in [1.807, 2.05) is 0 Å². The number of rotatable bonds is 0. The highest BCUT2D eigenvalue weighted by molar-refractivity contribution is 4.95. The molecule has 4 heteroatoms. The number of aliphatic hydroxyl groups is 3. The second-order valence-electron chi connectivity index (χ2n) is 1.99. The Morgan fingerprint density at radius 2 is 1.67 bits per heavy atom. The van der Waals surface area contributed by atoms with E-state index in [-0.39, 0.29) is 19.3 Å². The maximum absolute atomic E-state index is 8.78. The molecule has 1 rings (SSSR count).